The highest BCUT2D eigenvalue weighted by atomic mass is 32.2. The second-order valence-electron chi connectivity index (χ2n) is 6.98. The van der Waals surface area contributed by atoms with Gasteiger partial charge < -0.3 is 9.30 Å². The minimum atomic E-state index is -3.35. The number of hydrogen-bond donors (Lipinski definition) is 0. The Hall–Kier alpha value is -1.70. The highest BCUT2D eigenvalue weighted by Gasteiger charge is 2.24. The lowest BCUT2D eigenvalue weighted by atomic mass is 10.1. The van der Waals surface area contributed by atoms with E-state index >= 15 is 0 Å². The molecule has 6 nitrogen and oxygen atoms in total. The van der Waals surface area contributed by atoms with Gasteiger partial charge in [-0.2, -0.15) is 0 Å². The fraction of sp³-hybridized carbons (Fsp3) is 0.526. The monoisotopic (exact) mass is 377 g/mol. The predicted octanol–water partition coefficient (Wildman–Crippen LogP) is 2.14. The Morgan fingerprint density at radius 3 is 2.73 bits per heavy atom. The molecule has 1 aliphatic rings. The van der Waals surface area contributed by atoms with Crippen LogP contribution in [0.1, 0.15) is 24.1 Å². The summed E-state index contributed by atoms with van der Waals surface area (Å²) in [6.45, 7) is 2.83. The van der Waals surface area contributed by atoms with Gasteiger partial charge >= 0.3 is 0 Å². The number of sulfone groups is 1. The molecular weight excluding hydrogens is 350 g/mol. The Morgan fingerprint density at radius 2 is 2.08 bits per heavy atom. The molecule has 26 heavy (non-hydrogen) atoms. The van der Waals surface area contributed by atoms with E-state index in [-0.39, 0.29) is 5.16 Å². The van der Waals surface area contributed by atoms with Gasteiger partial charge in [-0.3, -0.25) is 4.90 Å². The lowest BCUT2D eigenvalue weighted by Crippen LogP contribution is -2.32. The van der Waals surface area contributed by atoms with Crippen LogP contribution in [0.5, 0.6) is 0 Å². The zero-order chi connectivity index (χ0) is 18.6. The normalized spacial score (nSPS) is 17.9. The van der Waals surface area contributed by atoms with E-state index in [1.807, 2.05) is 22.8 Å². The summed E-state index contributed by atoms with van der Waals surface area (Å²) in [6, 6.07) is 10.6. The number of nitrogens with zero attached hydrogens (tertiary/aromatic N) is 3. The van der Waals surface area contributed by atoms with Crippen LogP contribution < -0.4 is 0 Å². The van der Waals surface area contributed by atoms with Gasteiger partial charge in [0.2, 0.25) is 15.0 Å². The molecule has 1 aliphatic heterocycles. The summed E-state index contributed by atoms with van der Waals surface area (Å²) in [5.74, 6) is 0. The van der Waals surface area contributed by atoms with E-state index in [1.165, 1.54) is 11.8 Å². The third-order valence-electron chi connectivity index (χ3n) is 4.86. The average molecular weight is 378 g/mol. The van der Waals surface area contributed by atoms with Crippen molar-refractivity contribution in [3.63, 3.8) is 0 Å². The van der Waals surface area contributed by atoms with Gasteiger partial charge in [0.25, 0.3) is 0 Å². The lowest BCUT2D eigenvalue weighted by molar-refractivity contribution is 0.155. The summed E-state index contributed by atoms with van der Waals surface area (Å²) < 4.78 is 31.6. The molecule has 1 atom stereocenters. The molecule has 0 spiro atoms. The molecule has 1 aromatic carbocycles. The maximum atomic E-state index is 12.1. The topological polar surface area (TPSA) is 64.4 Å². The van der Waals surface area contributed by atoms with E-state index in [0.29, 0.717) is 19.1 Å². The number of rotatable bonds is 8. The molecule has 0 N–H and O–H groups in total. The molecule has 1 saturated heterocycles. The van der Waals surface area contributed by atoms with E-state index in [0.717, 1.165) is 38.2 Å². The van der Waals surface area contributed by atoms with Gasteiger partial charge in [-0.1, -0.05) is 30.3 Å². The third kappa shape index (κ3) is 4.72. The van der Waals surface area contributed by atoms with Crippen LogP contribution in [0, 0.1) is 0 Å². The molecule has 1 aromatic heterocycles. The Balaban J connectivity index is 1.73. The standard InChI is InChI=1S/C19H27N3O3S/c1-21(17-10-12-25-15-17)14-18-13-20-19(26(2,23)24)22(18)11-6-9-16-7-4-3-5-8-16/h3-5,7-8,13,17H,6,9-12,14-15H2,1-2H3/t17-/m0/s1. The maximum Gasteiger partial charge on any atom is 0.227 e. The smallest absolute Gasteiger partial charge is 0.227 e. The van der Waals surface area contributed by atoms with Gasteiger partial charge in [0, 0.05) is 32.0 Å². The summed E-state index contributed by atoms with van der Waals surface area (Å²) in [5.41, 5.74) is 2.20. The number of aromatic nitrogens is 2. The van der Waals surface area contributed by atoms with Gasteiger partial charge in [-0.25, -0.2) is 13.4 Å². The first-order chi connectivity index (χ1) is 12.4. The van der Waals surface area contributed by atoms with Crippen molar-refractivity contribution in [2.24, 2.45) is 0 Å². The Labute approximate surface area is 155 Å². The summed E-state index contributed by atoms with van der Waals surface area (Å²) in [4.78, 5) is 6.44. The van der Waals surface area contributed by atoms with Crippen molar-refractivity contribution in [1.82, 2.24) is 14.5 Å². The summed E-state index contributed by atoms with van der Waals surface area (Å²) in [5, 5.41) is 0.164. The zero-order valence-electron chi connectivity index (χ0n) is 15.5. The number of likely N-dealkylation sites (N-methyl/N-ethyl adjacent to an activating group) is 1. The Bertz CT molecular complexity index is 812. The zero-order valence-corrected chi connectivity index (χ0v) is 16.3. The number of ether oxygens (including phenoxy) is 1. The van der Waals surface area contributed by atoms with E-state index in [2.05, 4.69) is 29.1 Å². The maximum absolute atomic E-state index is 12.1. The van der Waals surface area contributed by atoms with Crippen LogP contribution in [0.2, 0.25) is 0 Å². The Morgan fingerprint density at radius 1 is 1.31 bits per heavy atom. The van der Waals surface area contributed by atoms with E-state index in [9.17, 15) is 8.42 Å². The quantitative estimate of drug-likeness (QED) is 0.705. The van der Waals surface area contributed by atoms with Crippen LogP contribution in [0.4, 0.5) is 0 Å². The third-order valence-corrected chi connectivity index (χ3v) is 5.85. The van der Waals surface area contributed by atoms with Crippen LogP contribution >= 0.6 is 0 Å². The lowest BCUT2D eigenvalue weighted by Gasteiger charge is -2.23. The van der Waals surface area contributed by atoms with Crippen molar-refractivity contribution in [3.8, 4) is 0 Å². The predicted molar refractivity (Wildman–Crippen MR) is 101 cm³/mol. The molecule has 0 radical (unpaired) electrons. The number of hydrogen-bond acceptors (Lipinski definition) is 5. The first-order valence-corrected chi connectivity index (χ1v) is 10.9. The van der Waals surface area contributed by atoms with Crippen molar-refractivity contribution >= 4 is 9.84 Å². The van der Waals surface area contributed by atoms with E-state index in [4.69, 9.17) is 4.74 Å². The van der Waals surface area contributed by atoms with E-state index in [1.54, 1.807) is 6.20 Å². The fourth-order valence-electron chi connectivity index (χ4n) is 3.39. The van der Waals surface area contributed by atoms with Gasteiger partial charge in [0.15, 0.2) is 0 Å². The molecule has 0 unspecified atom stereocenters. The van der Waals surface area contributed by atoms with Crippen LogP contribution in [0.25, 0.3) is 0 Å². The molecule has 0 saturated carbocycles. The van der Waals surface area contributed by atoms with Crippen LogP contribution in [0.3, 0.4) is 0 Å². The summed E-state index contributed by atoms with van der Waals surface area (Å²) in [6.07, 6.45) is 5.71. The van der Waals surface area contributed by atoms with Crippen LogP contribution in [0.15, 0.2) is 41.7 Å². The second kappa shape index (κ2) is 8.33. The summed E-state index contributed by atoms with van der Waals surface area (Å²) in [7, 11) is -1.30. The molecule has 3 rings (SSSR count). The van der Waals surface area contributed by atoms with Crippen molar-refractivity contribution in [2.75, 3.05) is 26.5 Å². The minimum absolute atomic E-state index is 0.164. The molecule has 0 aliphatic carbocycles. The first-order valence-electron chi connectivity index (χ1n) is 9.01. The molecule has 2 aromatic rings. The van der Waals surface area contributed by atoms with Crippen molar-refractivity contribution < 1.29 is 13.2 Å². The minimum Gasteiger partial charge on any atom is -0.380 e. The average Bonchev–Trinajstić information content (AvgIpc) is 3.26. The molecule has 7 heteroatoms. The van der Waals surface area contributed by atoms with Gasteiger partial charge in [-0.05, 0) is 31.9 Å². The molecular formula is C19H27N3O3S. The molecule has 0 amide bonds. The number of aryl methyl sites for hydroxylation is 1. The first kappa shape index (κ1) is 19.1. The van der Waals surface area contributed by atoms with E-state index < -0.39 is 9.84 Å². The number of imidazole rings is 1. The number of benzene rings is 1. The van der Waals surface area contributed by atoms with Gasteiger partial charge in [-0.15, -0.1) is 0 Å². The molecule has 142 valence electrons. The van der Waals surface area contributed by atoms with Gasteiger partial charge in [0.1, 0.15) is 0 Å². The van der Waals surface area contributed by atoms with Crippen LogP contribution in [-0.4, -0.2) is 55.4 Å². The highest BCUT2D eigenvalue weighted by molar-refractivity contribution is 7.90. The SMILES string of the molecule is CN(Cc1cnc(S(C)(=O)=O)n1CCCc1ccccc1)[C@H]1CCOC1. The molecule has 1 fully saturated rings. The van der Waals surface area contributed by atoms with Crippen molar-refractivity contribution in [3.05, 3.63) is 47.8 Å². The van der Waals surface area contributed by atoms with Crippen molar-refractivity contribution in [1.29, 1.82) is 0 Å². The van der Waals surface area contributed by atoms with Gasteiger partial charge in [0.05, 0.1) is 18.5 Å². The van der Waals surface area contributed by atoms with Crippen molar-refractivity contribution in [2.45, 2.75) is 43.6 Å². The second-order valence-corrected chi connectivity index (χ2v) is 8.89. The largest absolute Gasteiger partial charge is 0.380 e. The highest BCUT2D eigenvalue weighted by Crippen LogP contribution is 2.18. The van der Waals surface area contributed by atoms with Crippen LogP contribution in [-0.2, 0) is 34.1 Å². The molecule has 0 bridgehead atoms. The Kier molecular flexibility index (Phi) is 6.11. The molecule has 2 heterocycles. The fourth-order valence-corrected chi connectivity index (χ4v) is 4.25. The summed E-state index contributed by atoms with van der Waals surface area (Å²) >= 11 is 0.